The molecule has 0 aliphatic carbocycles. The second-order valence-corrected chi connectivity index (χ2v) is 4.36. The lowest BCUT2D eigenvalue weighted by Gasteiger charge is -2.26. The molecule has 0 N–H and O–H groups in total. The van der Waals surface area contributed by atoms with Crippen molar-refractivity contribution in [3.05, 3.63) is 28.8 Å². The lowest BCUT2D eigenvalue weighted by atomic mass is 10.0. The van der Waals surface area contributed by atoms with Gasteiger partial charge in [0.1, 0.15) is 0 Å². The van der Waals surface area contributed by atoms with Gasteiger partial charge in [0.25, 0.3) is 0 Å². The molecule has 1 rings (SSSR count). The van der Waals surface area contributed by atoms with E-state index in [2.05, 4.69) is 58.7 Å². The zero-order valence-corrected chi connectivity index (χ0v) is 10.2. The molecule has 0 amide bonds. The topological polar surface area (TPSA) is 3.24 Å². The Morgan fingerprint density at radius 3 is 2.07 bits per heavy atom. The van der Waals surface area contributed by atoms with Crippen LogP contribution in [0.4, 0.5) is 5.69 Å². The summed E-state index contributed by atoms with van der Waals surface area (Å²) in [5, 5.41) is 0. The standard InChI is InChI=1S/C13H21N/c1-9(2)14(6)13-8-7-10(3)11(4)12(13)5/h7-9H,1-6H3. The summed E-state index contributed by atoms with van der Waals surface area (Å²) in [5.74, 6) is 0. The summed E-state index contributed by atoms with van der Waals surface area (Å²) in [7, 11) is 2.15. The van der Waals surface area contributed by atoms with Crippen LogP contribution >= 0.6 is 0 Å². The van der Waals surface area contributed by atoms with Crippen LogP contribution in [0.25, 0.3) is 0 Å². The Morgan fingerprint density at radius 1 is 1.00 bits per heavy atom. The predicted octanol–water partition coefficient (Wildman–Crippen LogP) is 3.46. The molecule has 0 atom stereocenters. The van der Waals surface area contributed by atoms with E-state index in [9.17, 15) is 0 Å². The van der Waals surface area contributed by atoms with E-state index in [-0.39, 0.29) is 0 Å². The number of hydrogen-bond acceptors (Lipinski definition) is 1. The third-order valence-corrected chi connectivity index (χ3v) is 3.18. The molecule has 0 saturated carbocycles. The van der Waals surface area contributed by atoms with E-state index in [0.717, 1.165) is 0 Å². The van der Waals surface area contributed by atoms with Crippen LogP contribution in [0.2, 0.25) is 0 Å². The zero-order valence-electron chi connectivity index (χ0n) is 10.2. The largest absolute Gasteiger partial charge is 0.372 e. The van der Waals surface area contributed by atoms with Crippen molar-refractivity contribution in [3.63, 3.8) is 0 Å². The molecule has 1 aromatic carbocycles. The van der Waals surface area contributed by atoms with E-state index < -0.39 is 0 Å². The van der Waals surface area contributed by atoms with Gasteiger partial charge < -0.3 is 4.90 Å². The molecule has 0 saturated heterocycles. The van der Waals surface area contributed by atoms with Crippen LogP contribution < -0.4 is 4.90 Å². The van der Waals surface area contributed by atoms with Crippen LogP contribution in [0.15, 0.2) is 12.1 Å². The molecule has 14 heavy (non-hydrogen) atoms. The van der Waals surface area contributed by atoms with Crippen molar-refractivity contribution >= 4 is 5.69 Å². The number of nitrogens with zero attached hydrogens (tertiary/aromatic N) is 1. The third-order valence-electron chi connectivity index (χ3n) is 3.18. The van der Waals surface area contributed by atoms with Gasteiger partial charge >= 0.3 is 0 Å². The highest BCUT2D eigenvalue weighted by molar-refractivity contribution is 5.57. The highest BCUT2D eigenvalue weighted by Gasteiger charge is 2.09. The Hall–Kier alpha value is -0.980. The van der Waals surface area contributed by atoms with Gasteiger partial charge in [-0.05, 0) is 57.4 Å². The second kappa shape index (κ2) is 4.04. The molecule has 78 valence electrons. The Kier molecular flexibility index (Phi) is 3.20. The van der Waals surface area contributed by atoms with Gasteiger partial charge in [-0.2, -0.15) is 0 Å². The molecule has 0 aliphatic heterocycles. The highest BCUT2D eigenvalue weighted by Crippen LogP contribution is 2.25. The average molecular weight is 191 g/mol. The fourth-order valence-electron chi connectivity index (χ4n) is 1.60. The zero-order chi connectivity index (χ0) is 10.9. The Balaban J connectivity index is 3.17. The molecule has 1 heteroatoms. The number of benzene rings is 1. The van der Waals surface area contributed by atoms with Gasteiger partial charge in [0, 0.05) is 18.8 Å². The maximum atomic E-state index is 2.32. The smallest absolute Gasteiger partial charge is 0.0398 e. The van der Waals surface area contributed by atoms with E-state index in [4.69, 9.17) is 0 Å². The normalized spacial score (nSPS) is 10.8. The van der Waals surface area contributed by atoms with Crippen LogP contribution in [0.1, 0.15) is 30.5 Å². The summed E-state index contributed by atoms with van der Waals surface area (Å²) >= 11 is 0. The summed E-state index contributed by atoms with van der Waals surface area (Å²) in [6, 6.07) is 4.98. The summed E-state index contributed by atoms with van der Waals surface area (Å²) < 4.78 is 0. The second-order valence-electron chi connectivity index (χ2n) is 4.36. The Bertz CT molecular complexity index is 326. The highest BCUT2D eigenvalue weighted by atomic mass is 15.1. The minimum absolute atomic E-state index is 0.552. The molecule has 1 aromatic rings. The van der Waals surface area contributed by atoms with Crippen molar-refractivity contribution in [2.45, 2.75) is 40.7 Å². The first-order chi connectivity index (χ1) is 6.45. The first kappa shape index (κ1) is 11.1. The molecule has 0 radical (unpaired) electrons. The molecular formula is C13H21N. The van der Waals surface area contributed by atoms with Gasteiger partial charge in [0.05, 0.1) is 0 Å². The predicted molar refractivity (Wildman–Crippen MR) is 64.2 cm³/mol. The number of rotatable bonds is 2. The van der Waals surface area contributed by atoms with Gasteiger partial charge in [-0.1, -0.05) is 6.07 Å². The molecule has 1 nitrogen and oxygen atoms in total. The summed E-state index contributed by atoms with van der Waals surface area (Å²) in [6.07, 6.45) is 0. The van der Waals surface area contributed by atoms with Crippen molar-refractivity contribution in [2.75, 3.05) is 11.9 Å². The van der Waals surface area contributed by atoms with Crippen LogP contribution in [0.3, 0.4) is 0 Å². The maximum Gasteiger partial charge on any atom is 0.0398 e. The quantitative estimate of drug-likeness (QED) is 0.692. The monoisotopic (exact) mass is 191 g/mol. The minimum atomic E-state index is 0.552. The number of hydrogen-bond donors (Lipinski definition) is 0. The molecular weight excluding hydrogens is 170 g/mol. The molecule has 0 fully saturated rings. The fourth-order valence-corrected chi connectivity index (χ4v) is 1.60. The molecule has 0 aliphatic rings. The summed E-state index contributed by atoms with van der Waals surface area (Å²) in [6.45, 7) is 11.0. The first-order valence-corrected chi connectivity index (χ1v) is 5.24. The molecule has 0 bridgehead atoms. The lowest BCUT2D eigenvalue weighted by molar-refractivity contribution is 0.751. The lowest BCUT2D eigenvalue weighted by Crippen LogP contribution is -2.26. The van der Waals surface area contributed by atoms with Gasteiger partial charge in [0.2, 0.25) is 0 Å². The number of aryl methyl sites for hydroxylation is 1. The van der Waals surface area contributed by atoms with Crippen LogP contribution in [-0.4, -0.2) is 13.1 Å². The van der Waals surface area contributed by atoms with Crippen LogP contribution in [0, 0.1) is 20.8 Å². The van der Waals surface area contributed by atoms with E-state index in [1.54, 1.807) is 0 Å². The molecule has 0 aromatic heterocycles. The molecule has 0 heterocycles. The van der Waals surface area contributed by atoms with Gasteiger partial charge in [-0.15, -0.1) is 0 Å². The van der Waals surface area contributed by atoms with Crippen molar-refractivity contribution in [3.8, 4) is 0 Å². The maximum absolute atomic E-state index is 2.32. The minimum Gasteiger partial charge on any atom is -0.372 e. The summed E-state index contributed by atoms with van der Waals surface area (Å²) in [5.41, 5.74) is 5.54. The van der Waals surface area contributed by atoms with Crippen molar-refractivity contribution in [1.82, 2.24) is 0 Å². The van der Waals surface area contributed by atoms with Crippen molar-refractivity contribution < 1.29 is 0 Å². The van der Waals surface area contributed by atoms with Crippen LogP contribution in [-0.2, 0) is 0 Å². The van der Waals surface area contributed by atoms with E-state index in [1.807, 2.05) is 0 Å². The van der Waals surface area contributed by atoms with Crippen molar-refractivity contribution in [2.24, 2.45) is 0 Å². The van der Waals surface area contributed by atoms with E-state index in [0.29, 0.717) is 6.04 Å². The number of anilines is 1. The van der Waals surface area contributed by atoms with Gasteiger partial charge in [0.15, 0.2) is 0 Å². The Labute approximate surface area is 87.7 Å². The van der Waals surface area contributed by atoms with E-state index in [1.165, 1.54) is 22.4 Å². The van der Waals surface area contributed by atoms with Gasteiger partial charge in [-0.3, -0.25) is 0 Å². The first-order valence-electron chi connectivity index (χ1n) is 5.24. The average Bonchev–Trinajstić information content (AvgIpc) is 2.13. The molecule has 0 unspecified atom stereocenters. The molecule has 0 spiro atoms. The van der Waals surface area contributed by atoms with Crippen molar-refractivity contribution in [1.29, 1.82) is 0 Å². The van der Waals surface area contributed by atoms with Crippen LogP contribution in [0.5, 0.6) is 0 Å². The SMILES string of the molecule is Cc1ccc(N(C)C(C)C)c(C)c1C. The fraction of sp³-hybridized carbons (Fsp3) is 0.538. The Morgan fingerprint density at radius 2 is 1.57 bits per heavy atom. The van der Waals surface area contributed by atoms with E-state index >= 15 is 0 Å². The third kappa shape index (κ3) is 1.92. The summed E-state index contributed by atoms with van der Waals surface area (Å²) in [4.78, 5) is 2.32. The van der Waals surface area contributed by atoms with Gasteiger partial charge in [-0.25, -0.2) is 0 Å².